The Hall–Kier alpha value is -2.24. The smallest absolute Gasteiger partial charge is 0.312 e. The fourth-order valence-corrected chi connectivity index (χ4v) is 2.38. The summed E-state index contributed by atoms with van der Waals surface area (Å²) >= 11 is 0. The number of amides is 3. The lowest BCUT2D eigenvalue weighted by Gasteiger charge is -2.15. The number of nitrogens with two attached hydrogens (primary N) is 1. The van der Waals surface area contributed by atoms with E-state index in [1.165, 1.54) is 12.8 Å². The van der Waals surface area contributed by atoms with E-state index >= 15 is 0 Å². The van der Waals surface area contributed by atoms with Gasteiger partial charge in [-0.2, -0.15) is 0 Å². The first-order chi connectivity index (χ1) is 10.0. The van der Waals surface area contributed by atoms with Crippen LogP contribution in [0.1, 0.15) is 32.6 Å². The number of nitrogens with one attached hydrogen (secondary N) is 2. The molecule has 6 heteroatoms. The first-order valence-corrected chi connectivity index (χ1v) is 7.18. The minimum Gasteiger partial charge on any atom is -0.490 e. The Kier molecular flexibility index (Phi) is 5.03. The highest BCUT2D eigenvalue weighted by atomic mass is 16.5. The second kappa shape index (κ2) is 6.97. The van der Waals surface area contributed by atoms with Gasteiger partial charge in [0.25, 0.3) is 0 Å². The van der Waals surface area contributed by atoms with Crippen LogP contribution in [0.4, 0.5) is 10.5 Å². The van der Waals surface area contributed by atoms with E-state index in [2.05, 4.69) is 10.6 Å². The predicted molar refractivity (Wildman–Crippen MR) is 80.1 cm³/mol. The Balaban J connectivity index is 1.93. The van der Waals surface area contributed by atoms with Crippen LogP contribution in [0.25, 0.3) is 0 Å². The first-order valence-electron chi connectivity index (χ1n) is 7.18. The molecule has 1 atom stereocenters. The van der Waals surface area contributed by atoms with Crippen molar-refractivity contribution < 1.29 is 14.3 Å². The van der Waals surface area contributed by atoms with Gasteiger partial charge in [-0.05, 0) is 44.7 Å². The van der Waals surface area contributed by atoms with Crippen LogP contribution in [-0.2, 0) is 4.79 Å². The highest BCUT2D eigenvalue weighted by molar-refractivity contribution is 5.96. The van der Waals surface area contributed by atoms with E-state index in [1.807, 2.05) is 12.1 Å². The Labute approximate surface area is 124 Å². The number of anilines is 1. The molecule has 2 rings (SSSR count). The molecule has 0 radical (unpaired) electrons. The highest BCUT2D eigenvalue weighted by Crippen LogP contribution is 2.25. The maximum atomic E-state index is 11.9. The molecule has 4 N–H and O–H groups in total. The molecule has 0 bridgehead atoms. The number of primary amides is 1. The number of carbonyl (C=O) groups excluding carboxylic acids is 2. The van der Waals surface area contributed by atoms with Gasteiger partial charge in [-0.15, -0.1) is 0 Å². The maximum absolute atomic E-state index is 11.9. The number of benzene rings is 1. The van der Waals surface area contributed by atoms with Crippen molar-refractivity contribution in [2.45, 2.75) is 44.8 Å². The molecular weight excluding hydrogens is 270 g/mol. The average molecular weight is 291 g/mol. The van der Waals surface area contributed by atoms with Crippen LogP contribution in [0, 0.1) is 0 Å². The van der Waals surface area contributed by atoms with Crippen LogP contribution in [0.3, 0.4) is 0 Å². The minimum absolute atomic E-state index is 0.270. The molecule has 0 aliphatic heterocycles. The van der Waals surface area contributed by atoms with Gasteiger partial charge in [0, 0.05) is 11.8 Å². The van der Waals surface area contributed by atoms with Gasteiger partial charge in [0.05, 0.1) is 6.10 Å². The molecule has 1 aromatic carbocycles. The molecule has 0 heterocycles. The van der Waals surface area contributed by atoms with Crippen LogP contribution in [0.2, 0.25) is 0 Å². The van der Waals surface area contributed by atoms with Crippen LogP contribution < -0.4 is 21.1 Å². The van der Waals surface area contributed by atoms with Gasteiger partial charge in [0.2, 0.25) is 5.91 Å². The second-order valence-electron chi connectivity index (χ2n) is 5.27. The van der Waals surface area contributed by atoms with E-state index in [4.69, 9.17) is 10.5 Å². The molecular formula is C15H21N3O3. The lowest BCUT2D eigenvalue weighted by molar-refractivity contribution is -0.117. The molecule has 1 aromatic rings. The van der Waals surface area contributed by atoms with E-state index in [1.54, 1.807) is 19.1 Å². The van der Waals surface area contributed by atoms with Crippen molar-refractivity contribution in [3.8, 4) is 5.75 Å². The van der Waals surface area contributed by atoms with Crippen molar-refractivity contribution >= 4 is 17.6 Å². The molecule has 1 aliphatic carbocycles. The summed E-state index contributed by atoms with van der Waals surface area (Å²) in [6.45, 7) is 1.57. The third-order valence-corrected chi connectivity index (χ3v) is 3.46. The van der Waals surface area contributed by atoms with Gasteiger partial charge < -0.3 is 21.1 Å². The summed E-state index contributed by atoms with van der Waals surface area (Å²) in [5.74, 6) is 0.419. The quantitative estimate of drug-likeness (QED) is 0.774. The summed E-state index contributed by atoms with van der Waals surface area (Å²) in [7, 11) is 0. The Bertz CT molecular complexity index is 513. The third kappa shape index (κ3) is 4.66. The Morgan fingerprint density at radius 3 is 2.71 bits per heavy atom. The maximum Gasteiger partial charge on any atom is 0.312 e. The van der Waals surface area contributed by atoms with Gasteiger partial charge in [-0.3, -0.25) is 4.79 Å². The summed E-state index contributed by atoms with van der Waals surface area (Å²) in [5, 5.41) is 5.05. The van der Waals surface area contributed by atoms with Gasteiger partial charge in [0.15, 0.2) is 0 Å². The molecule has 0 aromatic heterocycles. The Morgan fingerprint density at radius 2 is 2.05 bits per heavy atom. The zero-order chi connectivity index (χ0) is 15.2. The fraction of sp³-hybridized carbons (Fsp3) is 0.467. The number of urea groups is 1. The second-order valence-corrected chi connectivity index (χ2v) is 5.27. The summed E-state index contributed by atoms with van der Waals surface area (Å²) in [6.07, 6.45) is 4.84. The van der Waals surface area contributed by atoms with Gasteiger partial charge in [-0.25, -0.2) is 4.79 Å². The van der Waals surface area contributed by atoms with E-state index < -0.39 is 12.1 Å². The predicted octanol–water partition coefficient (Wildman–Crippen LogP) is 2.00. The van der Waals surface area contributed by atoms with Gasteiger partial charge >= 0.3 is 6.03 Å². The summed E-state index contributed by atoms with van der Waals surface area (Å²) < 4.78 is 5.88. The normalized spacial score (nSPS) is 16.2. The van der Waals surface area contributed by atoms with Gasteiger partial charge in [-0.1, -0.05) is 6.07 Å². The highest BCUT2D eigenvalue weighted by Gasteiger charge is 2.17. The number of carbonyl (C=O) groups is 2. The van der Waals surface area contributed by atoms with Crippen molar-refractivity contribution in [3.05, 3.63) is 24.3 Å². The molecule has 0 saturated heterocycles. The SMILES string of the molecule is CC(NC(N)=O)C(=O)Nc1cccc(OC2CCCC2)c1. The molecule has 1 fully saturated rings. The van der Waals surface area contributed by atoms with Crippen molar-refractivity contribution in [3.63, 3.8) is 0 Å². The van der Waals surface area contributed by atoms with Crippen molar-refractivity contribution in [2.75, 3.05) is 5.32 Å². The fourth-order valence-electron chi connectivity index (χ4n) is 2.38. The molecule has 21 heavy (non-hydrogen) atoms. The minimum atomic E-state index is -0.726. The summed E-state index contributed by atoms with van der Waals surface area (Å²) in [5.41, 5.74) is 5.62. The van der Waals surface area contributed by atoms with Gasteiger partial charge in [0.1, 0.15) is 11.8 Å². The number of ether oxygens (including phenoxy) is 1. The van der Waals surface area contributed by atoms with Crippen LogP contribution >= 0.6 is 0 Å². The summed E-state index contributed by atoms with van der Waals surface area (Å²) in [4.78, 5) is 22.6. The molecule has 1 saturated carbocycles. The third-order valence-electron chi connectivity index (χ3n) is 3.46. The van der Waals surface area contributed by atoms with Crippen molar-refractivity contribution in [1.29, 1.82) is 0 Å². The largest absolute Gasteiger partial charge is 0.490 e. The molecule has 6 nitrogen and oxygen atoms in total. The van der Waals surface area contributed by atoms with Crippen LogP contribution in [-0.4, -0.2) is 24.1 Å². The zero-order valence-corrected chi connectivity index (χ0v) is 12.1. The Morgan fingerprint density at radius 1 is 1.33 bits per heavy atom. The van der Waals surface area contributed by atoms with E-state index in [0.29, 0.717) is 5.69 Å². The topological polar surface area (TPSA) is 93.5 Å². The monoisotopic (exact) mass is 291 g/mol. The molecule has 0 spiro atoms. The summed E-state index contributed by atoms with van der Waals surface area (Å²) in [6, 6.07) is 5.84. The molecule has 1 aliphatic rings. The standard InChI is InChI=1S/C15H21N3O3/c1-10(17-15(16)20)14(19)18-11-5-4-8-13(9-11)21-12-6-2-3-7-12/h4-5,8-10,12H,2-3,6-7H2,1H3,(H,18,19)(H3,16,17,20). The number of rotatable bonds is 5. The van der Waals surface area contributed by atoms with Crippen LogP contribution in [0.5, 0.6) is 5.75 Å². The number of hydrogen-bond donors (Lipinski definition) is 3. The first kappa shape index (κ1) is 15.2. The lowest BCUT2D eigenvalue weighted by Crippen LogP contribution is -2.44. The molecule has 114 valence electrons. The molecule has 3 amide bonds. The van der Waals surface area contributed by atoms with Crippen molar-refractivity contribution in [2.24, 2.45) is 5.73 Å². The number of hydrogen-bond acceptors (Lipinski definition) is 3. The van der Waals surface area contributed by atoms with E-state index in [9.17, 15) is 9.59 Å². The lowest BCUT2D eigenvalue weighted by atomic mass is 10.2. The van der Waals surface area contributed by atoms with Crippen molar-refractivity contribution in [1.82, 2.24) is 5.32 Å². The van der Waals surface area contributed by atoms with E-state index in [0.717, 1.165) is 18.6 Å². The average Bonchev–Trinajstić information content (AvgIpc) is 2.91. The van der Waals surface area contributed by atoms with E-state index in [-0.39, 0.29) is 12.0 Å². The zero-order valence-electron chi connectivity index (χ0n) is 12.1. The molecule has 1 unspecified atom stereocenters. The van der Waals surface area contributed by atoms with Crippen LogP contribution in [0.15, 0.2) is 24.3 Å².